The molecule has 0 saturated carbocycles. The molecule has 5 aromatic rings. The highest BCUT2D eigenvalue weighted by molar-refractivity contribution is 6.12. The summed E-state index contributed by atoms with van der Waals surface area (Å²) in [6, 6.07) is 29.1. The van der Waals surface area contributed by atoms with Gasteiger partial charge in [-0.25, -0.2) is 0 Å². The predicted molar refractivity (Wildman–Crippen MR) is 106 cm³/mol. The van der Waals surface area contributed by atoms with Crippen LogP contribution in [0.1, 0.15) is 5.56 Å². The molecule has 2 nitrogen and oxygen atoms in total. The summed E-state index contributed by atoms with van der Waals surface area (Å²) in [4.78, 5) is 0. The number of hydrogen-bond acceptors (Lipinski definition) is 2. The Hall–Kier alpha value is -3.57. The molecule has 2 heteroatoms. The number of furan rings is 1. The van der Waals surface area contributed by atoms with Crippen LogP contribution in [0.5, 0.6) is 0 Å². The summed E-state index contributed by atoms with van der Waals surface area (Å²) in [7, 11) is 0. The molecule has 1 heterocycles. The first-order chi connectivity index (χ1) is 12.9. The van der Waals surface area contributed by atoms with Crippen molar-refractivity contribution in [1.29, 1.82) is 5.26 Å². The van der Waals surface area contributed by atoms with E-state index >= 15 is 0 Å². The highest BCUT2D eigenvalue weighted by Gasteiger charge is 2.16. The number of benzene rings is 4. The third-order valence-electron chi connectivity index (χ3n) is 4.96. The molecule has 0 bridgehead atoms. The van der Waals surface area contributed by atoms with E-state index in [1.54, 1.807) is 0 Å². The third kappa shape index (κ3) is 2.11. The zero-order chi connectivity index (χ0) is 17.5. The Kier molecular flexibility index (Phi) is 3.26. The summed E-state index contributed by atoms with van der Waals surface area (Å²) >= 11 is 0. The van der Waals surface area contributed by atoms with Gasteiger partial charge >= 0.3 is 0 Å². The molecule has 122 valence electrons. The summed E-state index contributed by atoms with van der Waals surface area (Å²) < 4.78 is 6.24. The van der Waals surface area contributed by atoms with Crippen LogP contribution in [-0.2, 0) is 6.42 Å². The van der Waals surface area contributed by atoms with E-state index < -0.39 is 0 Å². The van der Waals surface area contributed by atoms with Crippen LogP contribution in [-0.4, -0.2) is 0 Å². The SMILES string of the molecule is N#CCc1ccc2ccccc2c1-c1cccc2c1oc1ccccc12. The van der Waals surface area contributed by atoms with Gasteiger partial charge in [0.05, 0.1) is 12.5 Å². The largest absolute Gasteiger partial charge is 0.455 e. The number of nitriles is 1. The second kappa shape index (κ2) is 5.75. The fourth-order valence-electron chi connectivity index (χ4n) is 3.81. The Bertz CT molecular complexity index is 1320. The first-order valence-corrected chi connectivity index (χ1v) is 8.65. The van der Waals surface area contributed by atoms with Crippen molar-refractivity contribution in [2.24, 2.45) is 0 Å². The quantitative estimate of drug-likeness (QED) is 0.371. The number of hydrogen-bond donors (Lipinski definition) is 0. The molecule has 4 aromatic carbocycles. The van der Waals surface area contributed by atoms with Gasteiger partial charge in [0.15, 0.2) is 0 Å². The molecule has 0 atom stereocenters. The number of rotatable bonds is 2. The number of para-hydroxylation sites is 2. The molecule has 26 heavy (non-hydrogen) atoms. The van der Waals surface area contributed by atoms with Gasteiger partial charge in [0.1, 0.15) is 11.2 Å². The van der Waals surface area contributed by atoms with Gasteiger partial charge in [0.2, 0.25) is 0 Å². The van der Waals surface area contributed by atoms with E-state index in [0.29, 0.717) is 6.42 Å². The van der Waals surface area contributed by atoms with Gasteiger partial charge in [-0.2, -0.15) is 5.26 Å². The molecule has 0 aliphatic carbocycles. The van der Waals surface area contributed by atoms with Crippen LogP contribution < -0.4 is 0 Å². The van der Waals surface area contributed by atoms with E-state index in [1.807, 2.05) is 30.3 Å². The van der Waals surface area contributed by atoms with Crippen molar-refractivity contribution in [1.82, 2.24) is 0 Å². The van der Waals surface area contributed by atoms with Crippen LogP contribution >= 0.6 is 0 Å². The van der Waals surface area contributed by atoms with Gasteiger partial charge in [-0.15, -0.1) is 0 Å². The summed E-state index contributed by atoms with van der Waals surface area (Å²) in [5.41, 5.74) is 4.93. The zero-order valence-corrected chi connectivity index (χ0v) is 14.1. The van der Waals surface area contributed by atoms with Crippen LogP contribution in [0.2, 0.25) is 0 Å². The van der Waals surface area contributed by atoms with Crippen LogP contribution in [0.25, 0.3) is 43.8 Å². The van der Waals surface area contributed by atoms with Crippen molar-refractivity contribution in [3.63, 3.8) is 0 Å². The predicted octanol–water partition coefficient (Wildman–Crippen LogP) is 6.47. The highest BCUT2D eigenvalue weighted by atomic mass is 16.3. The number of fused-ring (bicyclic) bond motifs is 4. The Morgan fingerprint density at radius 2 is 1.50 bits per heavy atom. The van der Waals surface area contributed by atoms with Crippen molar-refractivity contribution in [2.75, 3.05) is 0 Å². The Balaban J connectivity index is 1.94. The molecule has 0 spiro atoms. The van der Waals surface area contributed by atoms with Crippen molar-refractivity contribution < 1.29 is 4.42 Å². The Morgan fingerprint density at radius 3 is 2.38 bits per heavy atom. The molecule has 1 aromatic heterocycles. The molecule has 0 amide bonds. The maximum absolute atomic E-state index is 9.32. The van der Waals surface area contributed by atoms with Gasteiger partial charge in [0, 0.05) is 16.3 Å². The lowest BCUT2D eigenvalue weighted by Gasteiger charge is -2.12. The fourth-order valence-corrected chi connectivity index (χ4v) is 3.81. The van der Waals surface area contributed by atoms with E-state index in [4.69, 9.17) is 4.42 Å². The highest BCUT2D eigenvalue weighted by Crippen LogP contribution is 2.40. The molecule has 0 N–H and O–H groups in total. The maximum atomic E-state index is 9.32. The summed E-state index contributed by atoms with van der Waals surface area (Å²) in [6.07, 6.45) is 0.372. The lowest BCUT2D eigenvalue weighted by atomic mass is 9.91. The van der Waals surface area contributed by atoms with Crippen molar-refractivity contribution in [2.45, 2.75) is 6.42 Å². The van der Waals surface area contributed by atoms with E-state index in [0.717, 1.165) is 49.4 Å². The van der Waals surface area contributed by atoms with E-state index in [9.17, 15) is 5.26 Å². The minimum atomic E-state index is 0.372. The summed E-state index contributed by atoms with van der Waals surface area (Å²) in [5.74, 6) is 0. The van der Waals surface area contributed by atoms with Gasteiger partial charge in [-0.05, 0) is 28.0 Å². The molecule has 0 aliphatic rings. The molecule has 0 saturated heterocycles. The third-order valence-corrected chi connectivity index (χ3v) is 4.96. The monoisotopic (exact) mass is 333 g/mol. The second-order valence-corrected chi connectivity index (χ2v) is 6.44. The van der Waals surface area contributed by atoms with Crippen molar-refractivity contribution in [3.05, 3.63) is 84.4 Å². The fraction of sp³-hybridized carbons (Fsp3) is 0.0417. The van der Waals surface area contributed by atoms with Gasteiger partial charge in [-0.3, -0.25) is 0 Å². The second-order valence-electron chi connectivity index (χ2n) is 6.44. The molecule has 0 unspecified atom stereocenters. The summed E-state index contributed by atoms with van der Waals surface area (Å²) in [6.45, 7) is 0. The van der Waals surface area contributed by atoms with Gasteiger partial charge < -0.3 is 4.42 Å². The lowest BCUT2D eigenvalue weighted by molar-refractivity contribution is 0.670. The van der Waals surface area contributed by atoms with Crippen LogP contribution in [0.15, 0.2) is 83.3 Å². The normalized spacial score (nSPS) is 11.2. The van der Waals surface area contributed by atoms with E-state index in [-0.39, 0.29) is 0 Å². The van der Waals surface area contributed by atoms with Gasteiger partial charge in [-0.1, -0.05) is 72.8 Å². The van der Waals surface area contributed by atoms with Crippen LogP contribution in [0.3, 0.4) is 0 Å². The number of nitrogens with zero attached hydrogens (tertiary/aromatic N) is 1. The average Bonchev–Trinajstić information content (AvgIpc) is 3.07. The van der Waals surface area contributed by atoms with Gasteiger partial charge in [0.25, 0.3) is 0 Å². The van der Waals surface area contributed by atoms with Crippen molar-refractivity contribution in [3.8, 4) is 17.2 Å². The lowest BCUT2D eigenvalue weighted by Crippen LogP contribution is -1.91. The Labute approximate surface area is 150 Å². The minimum absolute atomic E-state index is 0.372. The maximum Gasteiger partial charge on any atom is 0.143 e. The minimum Gasteiger partial charge on any atom is -0.455 e. The molecular weight excluding hydrogens is 318 g/mol. The molecule has 0 radical (unpaired) electrons. The Morgan fingerprint density at radius 1 is 0.731 bits per heavy atom. The standard InChI is InChI=1S/C24H15NO/c25-15-14-17-13-12-16-6-1-2-7-18(16)23(17)21-10-5-9-20-19-8-3-4-11-22(19)26-24(20)21/h1-13H,14H2. The topological polar surface area (TPSA) is 36.9 Å². The molecular formula is C24H15NO. The zero-order valence-electron chi connectivity index (χ0n) is 14.1. The van der Waals surface area contributed by atoms with E-state index in [2.05, 4.69) is 54.6 Å². The first kappa shape index (κ1) is 14.7. The summed E-state index contributed by atoms with van der Waals surface area (Å²) in [5, 5.41) is 13.9. The average molecular weight is 333 g/mol. The molecule has 0 aliphatic heterocycles. The smallest absolute Gasteiger partial charge is 0.143 e. The van der Waals surface area contributed by atoms with Crippen LogP contribution in [0, 0.1) is 11.3 Å². The molecule has 0 fully saturated rings. The van der Waals surface area contributed by atoms with Crippen molar-refractivity contribution >= 4 is 32.7 Å². The first-order valence-electron chi connectivity index (χ1n) is 8.65. The van der Waals surface area contributed by atoms with E-state index in [1.165, 1.54) is 0 Å². The van der Waals surface area contributed by atoms with Crippen LogP contribution in [0.4, 0.5) is 0 Å². The molecule has 5 rings (SSSR count).